The van der Waals surface area contributed by atoms with Crippen LogP contribution in [0.25, 0.3) is 55.8 Å². The molecule has 0 spiro atoms. The molecule has 4 aromatic carbocycles. The molecule has 2 aromatic heterocycles. The molecular weight excluding hydrogens is 408 g/mol. The van der Waals surface area contributed by atoms with E-state index in [1.54, 1.807) is 6.07 Å². The van der Waals surface area contributed by atoms with Crippen molar-refractivity contribution in [2.24, 2.45) is 0 Å². The summed E-state index contributed by atoms with van der Waals surface area (Å²) in [7, 11) is 0. The summed E-state index contributed by atoms with van der Waals surface area (Å²) < 4.78 is 6.35. The third-order valence-electron chi connectivity index (χ3n) is 5.69. The van der Waals surface area contributed by atoms with Crippen LogP contribution >= 0.6 is 0 Å². The summed E-state index contributed by atoms with van der Waals surface area (Å²) in [4.78, 5) is 23.8. The Balaban J connectivity index is 1.78. The molecule has 156 valence electrons. The highest BCUT2D eigenvalue weighted by molar-refractivity contribution is 5.94. The zero-order chi connectivity index (χ0) is 22.2. The van der Waals surface area contributed by atoms with E-state index in [9.17, 15) is 4.79 Å². The molecule has 0 aliphatic heterocycles. The topological polar surface area (TPSA) is 56.0 Å². The van der Waals surface area contributed by atoms with Gasteiger partial charge in [0.25, 0.3) is 0 Å². The van der Waals surface area contributed by atoms with Crippen molar-refractivity contribution in [1.82, 2.24) is 9.97 Å². The fourth-order valence-corrected chi connectivity index (χ4v) is 4.12. The molecule has 0 saturated carbocycles. The van der Waals surface area contributed by atoms with Gasteiger partial charge in [0.1, 0.15) is 17.0 Å². The van der Waals surface area contributed by atoms with Crippen LogP contribution in [-0.2, 0) is 0 Å². The second-order valence-electron chi connectivity index (χ2n) is 7.77. The smallest absolute Gasteiger partial charge is 0.202 e. The average Bonchev–Trinajstić information content (AvgIpc) is 2.89. The first kappa shape index (κ1) is 19.1. The van der Waals surface area contributed by atoms with Gasteiger partial charge in [-0.1, -0.05) is 84.9 Å². The molecule has 0 amide bonds. The molecule has 0 atom stereocenters. The first-order valence-corrected chi connectivity index (χ1v) is 10.7. The van der Waals surface area contributed by atoms with Crippen molar-refractivity contribution in [3.05, 3.63) is 119 Å². The van der Waals surface area contributed by atoms with E-state index < -0.39 is 0 Å². The largest absolute Gasteiger partial charge is 0.455 e. The molecule has 2 heterocycles. The number of hydrogen-bond donors (Lipinski definition) is 0. The molecular formula is C29H18N2O2. The highest BCUT2D eigenvalue weighted by atomic mass is 16.3. The van der Waals surface area contributed by atoms with Crippen molar-refractivity contribution in [3.8, 4) is 33.8 Å². The Labute approximate surface area is 189 Å². The Kier molecular flexibility index (Phi) is 4.55. The zero-order valence-electron chi connectivity index (χ0n) is 17.6. The average molecular weight is 426 g/mol. The second kappa shape index (κ2) is 7.84. The lowest BCUT2D eigenvalue weighted by molar-refractivity contribution is 0.620. The number of aromatic nitrogens is 2. The van der Waals surface area contributed by atoms with Crippen LogP contribution < -0.4 is 5.43 Å². The third kappa shape index (κ3) is 3.29. The number of nitrogens with zero attached hydrogens (tertiary/aromatic N) is 2. The van der Waals surface area contributed by atoms with Crippen molar-refractivity contribution >= 4 is 22.0 Å². The van der Waals surface area contributed by atoms with Crippen molar-refractivity contribution in [2.75, 3.05) is 0 Å². The van der Waals surface area contributed by atoms with E-state index in [0.717, 1.165) is 22.2 Å². The molecule has 0 N–H and O–H groups in total. The standard InChI is InChI=1S/C29H18N2O2/c32-28-21-15-7-10-18-24(21)33-29(20-13-5-2-6-14-20)25(28)27-26(19-11-3-1-4-12-19)30-22-16-8-9-17-23(22)31-27/h1-18H. The first-order valence-electron chi connectivity index (χ1n) is 10.7. The maximum absolute atomic E-state index is 13.9. The van der Waals surface area contributed by atoms with E-state index in [-0.39, 0.29) is 5.43 Å². The maximum atomic E-state index is 13.9. The summed E-state index contributed by atoms with van der Waals surface area (Å²) in [6.07, 6.45) is 0. The predicted octanol–water partition coefficient (Wildman–Crippen LogP) is 6.74. The first-order chi connectivity index (χ1) is 16.3. The van der Waals surface area contributed by atoms with Crippen molar-refractivity contribution < 1.29 is 4.42 Å². The van der Waals surface area contributed by atoms with Crippen LogP contribution in [0.4, 0.5) is 0 Å². The van der Waals surface area contributed by atoms with Crippen molar-refractivity contribution in [3.63, 3.8) is 0 Å². The van der Waals surface area contributed by atoms with Crippen LogP contribution in [0.2, 0.25) is 0 Å². The van der Waals surface area contributed by atoms with E-state index in [4.69, 9.17) is 14.4 Å². The van der Waals surface area contributed by atoms with Gasteiger partial charge in [0.05, 0.1) is 27.7 Å². The summed E-state index contributed by atoms with van der Waals surface area (Å²) in [5, 5.41) is 0.515. The number of para-hydroxylation sites is 3. The lowest BCUT2D eigenvalue weighted by Gasteiger charge is -2.14. The fraction of sp³-hybridized carbons (Fsp3) is 0. The van der Waals surface area contributed by atoms with Gasteiger partial charge in [-0.25, -0.2) is 9.97 Å². The predicted molar refractivity (Wildman–Crippen MR) is 132 cm³/mol. The highest BCUT2D eigenvalue weighted by Crippen LogP contribution is 2.36. The van der Waals surface area contributed by atoms with Gasteiger partial charge in [0.2, 0.25) is 5.43 Å². The summed E-state index contributed by atoms with van der Waals surface area (Å²) in [6, 6.07) is 34.5. The van der Waals surface area contributed by atoms with Gasteiger partial charge in [0.15, 0.2) is 0 Å². The summed E-state index contributed by atoms with van der Waals surface area (Å²) >= 11 is 0. The van der Waals surface area contributed by atoms with Gasteiger partial charge < -0.3 is 4.42 Å². The minimum Gasteiger partial charge on any atom is -0.455 e. The Morgan fingerprint density at radius 2 is 1.09 bits per heavy atom. The van der Waals surface area contributed by atoms with E-state index in [1.807, 2.05) is 103 Å². The Hall–Kier alpha value is -4.57. The summed E-state index contributed by atoms with van der Waals surface area (Å²) in [5.41, 5.74) is 5.17. The summed E-state index contributed by atoms with van der Waals surface area (Å²) in [6.45, 7) is 0. The van der Waals surface area contributed by atoms with Gasteiger partial charge in [-0.15, -0.1) is 0 Å². The van der Waals surface area contributed by atoms with Crippen LogP contribution in [0.5, 0.6) is 0 Å². The number of fused-ring (bicyclic) bond motifs is 2. The Morgan fingerprint density at radius 1 is 0.545 bits per heavy atom. The van der Waals surface area contributed by atoms with Gasteiger partial charge in [-0.3, -0.25) is 4.79 Å². The van der Waals surface area contributed by atoms with Crippen LogP contribution in [0.1, 0.15) is 0 Å². The van der Waals surface area contributed by atoms with E-state index >= 15 is 0 Å². The Morgan fingerprint density at radius 3 is 1.79 bits per heavy atom. The van der Waals surface area contributed by atoms with E-state index in [0.29, 0.717) is 33.7 Å². The van der Waals surface area contributed by atoms with Crippen LogP contribution in [-0.4, -0.2) is 9.97 Å². The minimum absolute atomic E-state index is 0.127. The number of benzene rings is 4. The molecule has 0 unspecified atom stereocenters. The molecule has 0 saturated heterocycles. The molecule has 0 bridgehead atoms. The molecule has 0 radical (unpaired) electrons. The fourth-order valence-electron chi connectivity index (χ4n) is 4.12. The second-order valence-corrected chi connectivity index (χ2v) is 7.77. The van der Waals surface area contributed by atoms with Gasteiger partial charge in [-0.2, -0.15) is 0 Å². The van der Waals surface area contributed by atoms with Gasteiger partial charge >= 0.3 is 0 Å². The Bertz CT molecular complexity index is 1670. The molecule has 0 fully saturated rings. The van der Waals surface area contributed by atoms with Gasteiger partial charge in [-0.05, 0) is 24.3 Å². The zero-order valence-corrected chi connectivity index (χ0v) is 17.6. The molecule has 33 heavy (non-hydrogen) atoms. The van der Waals surface area contributed by atoms with E-state index in [2.05, 4.69) is 0 Å². The molecule has 6 rings (SSSR count). The normalized spacial score (nSPS) is 11.2. The quantitative estimate of drug-likeness (QED) is 0.315. The van der Waals surface area contributed by atoms with Crippen LogP contribution in [0.15, 0.2) is 118 Å². The van der Waals surface area contributed by atoms with Gasteiger partial charge in [0, 0.05) is 11.1 Å². The third-order valence-corrected chi connectivity index (χ3v) is 5.69. The molecule has 0 aliphatic rings. The molecule has 0 aliphatic carbocycles. The number of hydrogen-bond acceptors (Lipinski definition) is 4. The van der Waals surface area contributed by atoms with Crippen LogP contribution in [0, 0.1) is 0 Å². The summed E-state index contributed by atoms with van der Waals surface area (Å²) in [5.74, 6) is 0.487. The van der Waals surface area contributed by atoms with Crippen LogP contribution in [0.3, 0.4) is 0 Å². The highest BCUT2D eigenvalue weighted by Gasteiger charge is 2.23. The van der Waals surface area contributed by atoms with Crippen molar-refractivity contribution in [2.45, 2.75) is 0 Å². The lowest BCUT2D eigenvalue weighted by Crippen LogP contribution is -2.10. The molecule has 6 aromatic rings. The number of rotatable bonds is 3. The molecule has 4 nitrogen and oxygen atoms in total. The van der Waals surface area contributed by atoms with E-state index in [1.165, 1.54) is 0 Å². The minimum atomic E-state index is -0.127. The molecule has 4 heteroatoms. The SMILES string of the molecule is O=c1c(-c2nc3ccccc3nc2-c2ccccc2)c(-c2ccccc2)oc2ccccc12. The van der Waals surface area contributed by atoms with Crippen molar-refractivity contribution in [1.29, 1.82) is 0 Å². The lowest BCUT2D eigenvalue weighted by atomic mass is 9.98. The maximum Gasteiger partial charge on any atom is 0.202 e. The monoisotopic (exact) mass is 426 g/mol.